The summed E-state index contributed by atoms with van der Waals surface area (Å²) in [5.41, 5.74) is 22.2. The van der Waals surface area contributed by atoms with E-state index in [0.29, 0.717) is 0 Å². The fourth-order valence-electron chi connectivity index (χ4n) is 10.2. The Morgan fingerprint density at radius 3 is 0.753 bits per heavy atom. The highest BCUT2D eigenvalue weighted by atomic mass is 16.5. The van der Waals surface area contributed by atoms with Crippen molar-refractivity contribution >= 4 is 56.9 Å². The predicted octanol–water partition coefficient (Wildman–Crippen LogP) is 20.8. The largest absolute Gasteiger partial charge is 0.497 e. The minimum atomic E-state index is 0.857. The Labute approximate surface area is 478 Å². The lowest BCUT2D eigenvalue weighted by molar-refractivity contribution is 0.415. The third-order valence-corrected chi connectivity index (χ3v) is 14.8. The molecular formula is C76H64N4O. The van der Waals surface area contributed by atoms with E-state index in [1.165, 1.54) is 61.4 Å². The van der Waals surface area contributed by atoms with Crippen LogP contribution in [0.15, 0.2) is 315 Å². The molecule has 5 nitrogen and oxygen atoms in total. The van der Waals surface area contributed by atoms with Crippen LogP contribution in [0.1, 0.15) is 5.56 Å². The van der Waals surface area contributed by atoms with Crippen molar-refractivity contribution in [1.82, 2.24) is 0 Å². The fourth-order valence-corrected chi connectivity index (χ4v) is 10.2. The summed E-state index contributed by atoms with van der Waals surface area (Å²) < 4.78 is 5.29. The van der Waals surface area contributed by atoms with Gasteiger partial charge in [0.25, 0.3) is 0 Å². The van der Waals surface area contributed by atoms with Gasteiger partial charge in [0.2, 0.25) is 0 Å². The summed E-state index contributed by atoms with van der Waals surface area (Å²) in [6, 6.07) is 111. The second-order valence-corrected chi connectivity index (χ2v) is 20.0. The zero-order valence-corrected chi connectivity index (χ0v) is 46.2. The van der Waals surface area contributed by atoms with Gasteiger partial charge in [-0.15, -0.1) is 0 Å². The number of benzene rings is 12. The normalized spacial score (nSPS) is 10.7. The predicted molar refractivity (Wildman–Crippen MR) is 344 cm³/mol. The smallest absolute Gasteiger partial charge is 0.119 e. The molecule has 0 amide bonds. The molecule has 5 heteroatoms. The molecule has 12 rings (SSSR count). The number of ether oxygens (including phenoxy) is 1. The van der Waals surface area contributed by atoms with Crippen molar-refractivity contribution in [3.63, 3.8) is 0 Å². The van der Waals surface area contributed by atoms with E-state index in [1.807, 2.05) is 18.2 Å². The van der Waals surface area contributed by atoms with Gasteiger partial charge >= 0.3 is 0 Å². The maximum Gasteiger partial charge on any atom is 0.119 e. The number of methoxy groups -OCH3 is 1. The summed E-state index contributed by atoms with van der Waals surface area (Å²) >= 11 is 0. The van der Waals surface area contributed by atoms with Gasteiger partial charge in [0.05, 0.1) is 7.11 Å². The minimum Gasteiger partial charge on any atom is -0.497 e. The zero-order chi connectivity index (χ0) is 55.3. The molecule has 12 aromatic rings. The van der Waals surface area contributed by atoms with Gasteiger partial charge in [-0.3, -0.25) is 0 Å². The lowest BCUT2D eigenvalue weighted by Crippen LogP contribution is -2.09. The highest BCUT2D eigenvalue weighted by Crippen LogP contribution is 2.39. The molecule has 0 atom stereocenters. The molecule has 0 saturated carbocycles. The van der Waals surface area contributed by atoms with Gasteiger partial charge in [0.15, 0.2) is 0 Å². The summed E-state index contributed by atoms with van der Waals surface area (Å²) in [4.78, 5) is 9.00. The van der Waals surface area contributed by atoms with Crippen LogP contribution < -0.4 is 24.3 Å². The van der Waals surface area contributed by atoms with E-state index in [-0.39, 0.29) is 0 Å². The van der Waals surface area contributed by atoms with Crippen LogP contribution in [-0.2, 0) is 0 Å². The first-order valence-electron chi connectivity index (χ1n) is 27.5. The highest BCUT2D eigenvalue weighted by molar-refractivity contribution is 5.82. The Bertz CT molecular complexity index is 3880. The summed E-state index contributed by atoms with van der Waals surface area (Å²) in [6.45, 7) is 2.13. The molecule has 0 radical (unpaired) electrons. The van der Waals surface area contributed by atoms with E-state index in [2.05, 4.69) is 338 Å². The summed E-state index contributed by atoms with van der Waals surface area (Å²) in [6.07, 6.45) is 0. The van der Waals surface area contributed by atoms with Crippen LogP contribution >= 0.6 is 0 Å². The molecule has 0 aromatic heterocycles. The lowest BCUT2D eigenvalue weighted by atomic mass is 10.0. The lowest BCUT2D eigenvalue weighted by Gasteiger charge is -2.26. The van der Waals surface area contributed by atoms with Crippen molar-refractivity contribution in [1.29, 1.82) is 0 Å². The number of hydrogen-bond acceptors (Lipinski definition) is 5. The third kappa shape index (κ3) is 12.5. The van der Waals surface area contributed by atoms with Gasteiger partial charge in [0.1, 0.15) is 5.75 Å². The minimum absolute atomic E-state index is 0.857. The molecule has 394 valence electrons. The molecule has 0 N–H and O–H groups in total. The van der Waals surface area contributed by atoms with Crippen LogP contribution in [0.3, 0.4) is 0 Å². The molecule has 0 aliphatic rings. The molecule has 0 aliphatic heterocycles. The van der Waals surface area contributed by atoms with Crippen molar-refractivity contribution in [3.8, 4) is 50.3 Å². The van der Waals surface area contributed by atoms with Crippen LogP contribution in [0.25, 0.3) is 44.5 Å². The molecule has 81 heavy (non-hydrogen) atoms. The first-order valence-corrected chi connectivity index (χ1v) is 27.5. The second kappa shape index (κ2) is 25.0. The maximum atomic E-state index is 5.29. The summed E-state index contributed by atoms with van der Waals surface area (Å²) in [5.74, 6) is 0.857. The van der Waals surface area contributed by atoms with Crippen LogP contribution in [0.4, 0.5) is 56.9 Å². The monoisotopic (exact) mass is 1050 g/mol. The standard InChI is InChI=1S/C38H32N2O.C38H32N2/c1-39(34-25-27-38(41-2)28-26-34)33-19-13-31(14-20-33)32-17-23-37(24-18-32)40(35-11-7-4-8-12-35)36-21-15-30(16-22-36)29-9-5-3-6-10-29;1-29-10-9-15-38(28-29)39(2)34-22-16-32(17-23-34)33-20-26-37(27-21-33)40(35-13-7-4-8-14-35)36-24-18-31(19-25-36)30-11-5-3-6-12-30/h3-28H,1-2H3;3-28H,1-2H3. The molecule has 0 spiro atoms. The molecule has 0 saturated heterocycles. The average Bonchev–Trinajstić information content (AvgIpc) is 3.56. The Balaban J connectivity index is 0.000000170. The zero-order valence-electron chi connectivity index (χ0n) is 46.2. The van der Waals surface area contributed by atoms with E-state index >= 15 is 0 Å². The Hall–Kier alpha value is -10.4. The molecule has 0 aliphatic carbocycles. The van der Waals surface area contributed by atoms with Crippen LogP contribution in [-0.4, -0.2) is 21.2 Å². The molecular weight excluding hydrogens is 985 g/mol. The van der Waals surface area contributed by atoms with E-state index in [4.69, 9.17) is 4.74 Å². The van der Waals surface area contributed by atoms with Crippen molar-refractivity contribution in [2.24, 2.45) is 0 Å². The molecule has 0 heterocycles. The number of nitrogens with zero attached hydrogens (tertiary/aromatic N) is 4. The second-order valence-electron chi connectivity index (χ2n) is 20.0. The van der Waals surface area contributed by atoms with Gasteiger partial charge < -0.3 is 24.3 Å². The van der Waals surface area contributed by atoms with E-state index in [0.717, 1.165) is 51.2 Å². The van der Waals surface area contributed by atoms with Gasteiger partial charge in [-0.05, 0) is 190 Å². The van der Waals surface area contributed by atoms with Crippen LogP contribution in [0.2, 0.25) is 0 Å². The fraction of sp³-hybridized carbons (Fsp3) is 0.0526. The first kappa shape index (κ1) is 52.7. The van der Waals surface area contributed by atoms with Gasteiger partial charge in [-0.1, -0.05) is 182 Å². The third-order valence-electron chi connectivity index (χ3n) is 14.8. The molecule has 0 unspecified atom stereocenters. The Morgan fingerprint density at radius 2 is 0.457 bits per heavy atom. The Morgan fingerprint density at radius 1 is 0.222 bits per heavy atom. The quantitative estimate of drug-likeness (QED) is 0.102. The van der Waals surface area contributed by atoms with Crippen molar-refractivity contribution in [3.05, 3.63) is 321 Å². The first-order chi connectivity index (χ1) is 39.8. The number of aryl methyl sites for hydroxylation is 1. The number of anilines is 10. The van der Waals surface area contributed by atoms with Gasteiger partial charge in [-0.2, -0.15) is 0 Å². The van der Waals surface area contributed by atoms with E-state index in [9.17, 15) is 0 Å². The van der Waals surface area contributed by atoms with Crippen LogP contribution in [0, 0.1) is 6.92 Å². The average molecular weight is 1050 g/mol. The van der Waals surface area contributed by atoms with Crippen molar-refractivity contribution in [2.45, 2.75) is 6.92 Å². The highest BCUT2D eigenvalue weighted by Gasteiger charge is 2.16. The molecule has 0 bridgehead atoms. The van der Waals surface area contributed by atoms with Gasteiger partial charge in [0, 0.05) is 71.0 Å². The maximum absolute atomic E-state index is 5.29. The number of hydrogen-bond donors (Lipinski definition) is 0. The van der Waals surface area contributed by atoms with Gasteiger partial charge in [-0.25, -0.2) is 0 Å². The van der Waals surface area contributed by atoms with E-state index in [1.54, 1.807) is 7.11 Å². The molecule has 0 fully saturated rings. The van der Waals surface area contributed by atoms with Crippen LogP contribution in [0.5, 0.6) is 5.75 Å². The Kier molecular flexibility index (Phi) is 16.2. The topological polar surface area (TPSA) is 22.2 Å². The molecule has 12 aromatic carbocycles. The number of rotatable bonds is 15. The van der Waals surface area contributed by atoms with Crippen molar-refractivity contribution in [2.75, 3.05) is 40.8 Å². The van der Waals surface area contributed by atoms with E-state index < -0.39 is 0 Å². The SMILES string of the molecule is COc1ccc(N(C)c2ccc(-c3ccc(N(c4ccccc4)c4ccc(-c5ccccc5)cc4)cc3)cc2)cc1.Cc1cccc(N(C)c2ccc(-c3ccc(N(c4ccccc4)c4ccc(-c5ccccc5)cc4)cc3)cc2)c1. The van der Waals surface area contributed by atoms with Crippen molar-refractivity contribution < 1.29 is 4.74 Å². The summed E-state index contributed by atoms with van der Waals surface area (Å²) in [7, 11) is 5.88. The summed E-state index contributed by atoms with van der Waals surface area (Å²) in [5, 5.41) is 0. The number of para-hydroxylation sites is 2.